The van der Waals surface area contributed by atoms with Gasteiger partial charge in [-0.2, -0.15) is 0 Å². The van der Waals surface area contributed by atoms with E-state index in [1.54, 1.807) is 12.1 Å². The van der Waals surface area contributed by atoms with Gasteiger partial charge in [-0.15, -0.1) is 0 Å². The van der Waals surface area contributed by atoms with Crippen LogP contribution in [0.4, 0.5) is 0 Å². The highest BCUT2D eigenvalue weighted by Crippen LogP contribution is 2.10. The summed E-state index contributed by atoms with van der Waals surface area (Å²) in [4.78, 5) is 14.5. The van der Waals surface area contributed by atoms with Crippen LogP contribution in [-0.2, 0) is 0 Å². The third kappa shape index (κ3) is 4.04. The van der Waals surface area contributed by atoms with Gasteiger partial charge < -0.3 is 9.84 Å². The topological polar surface area (TPSA) is 59.4 Å². The van der Waals surface area contributed by atoms with E-state index >= 15 is 0 Å². The number of methoxy groups -OCH3 is 1. The lowest BCUT2D eigenvalue weighted by Gasteiger charge is -1.98. The first-order valence-corrected chi connectivity index (χ1v) is 6.38. The molecule has 1 heterocycles. The van der Waals surface area contributed by atoms with Crippen LogP contribution < -0.4 is 4.74 Å². The Hall–Kier alpha value is -2.88. The van der Waals surface area contributed by atoms with Crippen molar-refractivity contribution in [3.63, 3.8) is 0 Å². The van der Waals surface area contributed by atoms with Crippen LogP contribution in [0.5, 0.6) is 5.75 Å². The number of ether oxygens (including phenoxy) is 1. The predicted octanol–water partition coefficient (Wildman–Crippen LogP) is 3.63. The molecular weight excluding hydrogens is 266 g/mol. The lowest BCUT2D eigenvalue weighted by Crippen LogP contribution is -1.95. The number of carboxylic acids is 1. The highest BCUT2D eigenvalue weighted by Gasteiger charge is 2.00. The zero-order valence-electron chi connectivity index (χ0n) is 11.6. The van der Waals surface area contributed by atoms with E-state index in [2.05, 4.69) is 17.1 Å². The minimum absolute atomic E-state index is 0.269. The molecule has 0 saturated carbocycles. The molecule has 3 aromatic rings. The molecule has 1 N–H and O–H groups in total. The van der Waals surface area contributed by atoms with E-state index in [4.69, 9.17) is 9.84 Å². The quantitative estimate of drug-likeness (QED) is 0.779. The summed E-state index contributed by atoms with van der Waals surface area (Å²) in [6.07, 6.45) is 1.81. The third-order valence-corrected chi connectivity index (χ3v) is 2.85. The number of nitrogens with zero attached hydrogens (tertiary/aromatic N) is 1. The number of carboxylic acid groups (broad SMARTS) is 1. The smallest absolute Gasteiger partial charge is 0.335 e. The minimum atomic E-state index is -0.923. The highest BCUT2D eigenvalue weighted by molar-refractivity contribution is 5.87. The van der Waals surface area contributed by atoms with Crippen molar-refractivity contribution in [2.75, 3.05) is 7.11 Å². The van der Waals surface area contributed by atoms with Crippen LogP contribution in [0.3, 0.4) is 0 Å². The molecule has 0 spiro atoms. The summed E-state index contributed by atoms with van der Waals surface area (Å²) in [7, 11) is 1.54. The van der Waals surface area contributed by atoms with Gasteiger partial charge in [0.25, 0.3) is 0 Å². The molecule has 0 amide bonds. The van der Waals surface area contributed by atoms with Gasteiger partial charge in [-0.25, -0.2) is 4.79 Å². The standard InChI is InChI=1S/C9H7N.C8H8O3/c1-2-6-9-8(4-1)5-3-7-10-9;1-11-7-4-2-6(3-5-7)8(9)10/h1-7H;2-5H,1H3,(H,9,10). The second-order valence-corrected chi connectivity index (χ2v) is 4.23. The maximum Gasteiger partial charge on any atom is 0.335 e. The molecule has 106 valence electrons. The molecule has 21 heavy (non-hydrogen) atoms. The monoisotopic (exact) mass is 281 g/mol. The zero-order valence-corrected chi connectivity index (χ0v) is 11.6. The third-order valence-electron chi connectivity index (χ3n) is 2.85. The van der Waals surface area contributed by atoms with Crippen molar-refractivity contribution in [3.05, 3.63) is 72.4 Å². The summed E-state index contributed by atoms with van der Waals surface area (Å²) < 4.78 is 4.86. The Balaban J connectivity index is 0.000000154. The molecule has 0 saturated heterocycles. The number of pyridine rings is 1. The second kappa shape index (κ2) is 7.05. The Labute approximate surface area is 122 Å². The van der Waals surface area contributed by atoms with E-state index in [1.165, 1.54) is 24.6 Å². The van der Waals surface area contributed by atoms with Crippen LogP contribution >= 0.6 is 0 Å². The fourth-order valence-electron chi connectivity index (χ4n) is 1.75. The van der Waals surface area contributed by atoms with Crippen LogP contribution in [0.25, 0.3) is 10.9 Å². The normalized spacial score (nSPS) is 9.57. The molecule has 0 fully saturated rings. The van der Waals surface area contributed by atoms with Crippen molar-refractivity contribution in [2.24, 2.45) is 0 Å². The molecule has 0 aliphatic carbocycles. The van der Waals surface area contributed by atoms with Gasteiger partial charge in [0.15, 0.2) is 0 Å². The Bertz CT molecular complexity index is 658. The first kappa shape index (κ1) is 14.5. The minimum Gasteiger partial charge on any atom is -0.497 e. The van der Waals surface area contributed by atoms with E-state index in [9.17, 15) is 4.79 Å². The average molecular weight is 281 g/mol. The summed E-state index contributed by atoms with van der Waals surface area (Å²) in [5.41, 5.74) is 1.33. The van der Waals surface area contributed by atoms with Crippen LogP contribution in [0, 0.1) is 0 Å². The maximum atomic E-state index is 10.4. The molecule has 0 radical (unpaired) electrons. The Morgan fingerprint density at radius 3 is 2.29 bits per heavy atom. The summed E-state index contributed by atoms with van der Waals surface area (Å²) in [5.74, 6) is -0.261. The molecule has 0 bridgehead atoms. The number of fused-ring (bicyclic) bond motifs is 1. The van der Waals surface area contributed by atoms with Gasteiger partial charge in [0.1, 0.15) is 5.75 Å². The lowest BCUT2D eigenvalue weighted by atomic mass is 10.2. The fourth-order valence-corrected chi connectivity index (χ4v) is 1.75. The molecule has 4 nitrogen and oxygen atoms in total. The number of rotatable bonds is 2. The summed E-state index contributed by atoms with van der Waals surface area (Å²) >= 11 is 0. The van der Waals surface area contributed by atoms with Crippen molar-refractivity contribution in [1.29, 1.82) is 0 Å². The van der Waals surface area contributed by atoms with Gasteiger partial charge in [0.05, 0.1) is 18.2 Å². The van der Waals surface area contributed by atoms with Crippen molar-refractivity contribution < 1.29 is 14.6 Å². The molecule has 2 aromatic carbocycles. The maximum absolute atomic E-state index is 10.4. The van der Waals surface area contributed by atoms with Gasteiger partial charge in [-0.05, 0) is 36.4 Å². The van der Waals surface area contributed by atoms with Crippen LogP contribution in [0.15, 0.2) is 66.9 Å². The summed E-state index contributed by atoms with van der Waals surface area (Å²) in [6.45, 7) is 0. The molecule has 1 aromatic heterocycles. The molecule has 0 atom stereocenters. The summed E-state index contributed by atoms with van der Waals surface area (Å²) in [5, 5.41) is 9.71. The average Bonchev–Trinajstić information content (AvgIpc) is 2.55. The van der Waals surface area contributed by atoms with Gasteiger partial charge in [0, 0.05) is 11.6 Å². The highest BCUT2D eigenvalue weighted by atomic mass is 16.5. The molecular formula is C17H15NO3. The SMILES string of the molecule is COc1ccc(C(=O)O)cc1.c1ccc2ncccc2c1. The van der Waals surface area contributed by atoms with E-state index in [-0.39, 0.29) is 5.56 Å². The van der Waals surface area contributed by atoms with Crippen LogP contribution in [0.1, 0.15) is 10.4 Å². The van der Waals surface area contributed by atoms with Crippen LogP contribution in [-0.4, -0.2) is 23.2 Å². The molecule has 0 aliphatic rings. The number of benzene rings is 2. The summed E-state index contributed by atoms with van der Waals surface area (Å²) in [6, 6.07) is 18.3. The van der Waals surface area contributed by atoms with Gasteiger partial charge in [-0.1, -0.05) is 24.3 Å². The number of hydrogen-bond acceptors (Lipinski definition) is 3. The van der Waals surface area contributed by atoms with Crippen molar-refractivity contribution in [2.45, 2.75) is 0 Å². The number of hydrogen-bond donors (Lipinski definition) is 1. The molecule has 0 unspecified atom stereocenters. The predicted molar refractivity (Wildman–Crippen MR) is 81.7 cm³/mol. The molecule has 3 rings (SSSR count). The number of para-hydroxylation sites is 1. The van der Waals surface area contributed by atoms with Crippen molar-refractivity contribution in [3.8, 4) is 5.75 Å². The second-order valence-electron chi connectivity index (χ2n) is 4.23. The zero-order chi connectivity index (χ0) is 15.1. The van der Waals surface area contributed by atoms with Gasteiger partial charge >= 0.3 is 5.97 Å². The number of aromatic carboxylic acids is 1. The molecule has 0 aliphatic heterocycles. The Kier molecular flexibility index (Phi) is 4.88. The van der Waals surface area contributed by atoms with E-state index in [1.807, 2.05) is 30.5 Å². The number of carbonyl (C=O) groups is 1. The van der Waals surface area contributed by atoms with Crippen molar-refractivity contribution >= 4 is 16.9 Å². The first-order chi connectivity index (χ1) is 10.2. The van der Waals surface area contributed by atoms with Crippen molar-refractivity contribution in [1.82, 2.24) is 4.98 Å². The van der Waals surface area contributed by atoms with E-state index in [0.29, 0.717) is 5.75 Å². The van der Waals surface area contributed by atoms with Crippen LogP contribution in [0.2, 0.25) is 0 Å². The lowest BCUT2D eigenvalue weighted by molar-refractivity contribution is 0.0697. The van der Waals surface area contributed by atoms with Gasteiger partial charge in [-0.3, -0.25) is 4.98 Å². The first-order valence-electron chi connectivity index (χ1n) is 6.38. The number of aromatic nitrogens is 1. The Morgan fingerprint density at radius 1 is 1.00 bits per heavy atom. The Morgan fingerprint density at radius 2 is 1.67 bits per heavy atom. The van der Waals surface area contributed by atoms with Gasteiger partial charge in [0.2, 0.25) is 0 Å². The molecule has 4 heteroatoms. The van der Waals surface area contributed by atoms with E-state index in [0.717, 1.165) is 5.52 Å². The fraction of sp³-hybridized carbons (Fsp3) is 0.0588. The van der Waals surface area contributed by atoms with E-state index < -0.39 is 5.97 Å². The largest absolute Gasteiger partial charge is 0.497 e.